The fourth-order valence-corrected chi connectivity index (χ4v) is 2.36. The molecule has 1 aromatic carbocycles. The van der Waals surface area contributed by atoms with E-state index in [0.717, 1.165) is 36.2 Å². The van der Waals surface area contributed by atoms with E-state index in [4.69, 9.17) is 5.73 Å². The van der Waals surface area contributed by atoms with E-state index in [2.05, 4.69) is 15.3 Å². The number of aromatic amines is 1. The van der Waals surface area contributed by atoms with Gasteiger partial charge in [0.1, 0.15) is 0 Å². The van der Waals surface area contributed by atoms with Crippen molar-refractivity contribution < 1.29 is 4.79 Å². The number of hydrogen-bond acceptors (Lipinski definition) is 4. The van der Waals surface area contributed by atoms with Crippen LogP contribution in [-0.4, -0.2) is 15.9 Å². The van der Waals surface area contributed by atoms with Crippen molar-refractivity contribution in [3.05, 3.63) is 51.4 Å². The van der Waals surface area contributed by atoms with Crippen molar-refractivity contribution in [2.24, 2.45) is 5.73 Å². The highest BCUT2D eigenvalue weighted by atomic mass is 16.1. The monoisotopic (exact) mass is 270 g/mol. The Morgan fingerprint density at radius 3 is 2.70 bits per heavy atom. The first-order valence-corrected chi connectivity index (χ1v) is 6.42. The third kappa shape index (κ3) is 2.27. The Morgan fingerprint density at radius 1 is 1.25 bits per heavy atom. The third-order valence-electron chi connectivity index (χ3n) is 3.37. The van der Waals surface area contributed by atoms with Gasteiger partial charge in [0, 0.05) is 16.8 Å². The summed E-state index contributed by atoms with van der Waals surface area (Å²) in [7, 11) is 0. The highest BCUT2D eigenvalue weighted by molar-refractivity contribution is 5.93. The van der Waals surface area contributed by atoms with E-state index in [1.54, 1.807) is 24.3 Å². The lowest BCUT2D eigenvalue weighted by molar-refractivity contribution is 0.100. The number of carbonyl (C=O) groups excluding carboxylic acids is 1. The lowest BCUT2D eigenvalue weighted by atomic mass is 10.2. The van der Waals surface area contributed by atoms with Crippen molar-refractivity contribution in [1.29, 1.82) is 0 Å². The van der Waals surface area contributed by atoms with Crippen LogP contribution in [0.1, 0.15) is 28.0 Å². The number of hydrogen-bond donors (Lipinski definition) is 3. The van der Waals surface area contributed by atoms with Crippen LogP contribution in [0.2, 0.25) is 0 Å². The normalized spacial score (nSPS) is 13.0. The number of H-pyrrole nitrogens is 1. The second kappa shape index (κ2) is 4.80. The summed E-state index contributed by atoms with van der Waals surface area (Å²) < 4.78 is 0. The zero-order valence-corrected chi connectivity index (χ0v) is 10.8. The zero-order chi connectivity index (χ0) is 14.1. The summed E-state index contributed by atoms with van der Waals surface area (Å²) in [5, 5.41) is 3.02. The molecule has 102 valence electrons. The molecule has 4 N–H and O–H groups in total. The van der Waals surface area contributed by atoms with E-state index in [0.29, 0.717) is 11.5 Å². The first kappa shape index (κ1) is 12.4. The number of benzene rings is 1. The Labute approximate surface area is 115 Å². The highest BCUT2D eigenvalue weighted by Crippen LogP contribution is 2.19. The molecular weight excluding hydrogens is 256 g/mol. The Kier molecular flexibility index (Phi) is 2.98. The fourth-order valence-electron chi connectivity index (χ4n) is 2.36. The van der Waals surface area contributed by atoms with Gasteiger partial charge in [-0.05, 0) is 43.5 Å². The van der Waals surface area contributed by atoms with Gasteiger partial charge in [-0.1, -0.05) is 0 Å². The summed E-state index contributed by atoms with van der Waals surface area (Å²) in [5.74, 6) is -0.0527. The van der Waals surface area contributed by atoms with Gasteiger partial charge in [-0.3, -0.25) is 14.6 Å². The summed E-state index contributed by atoms with van der Waals surface area (Å²) >= 11 is 0. The van der Waals surface area contributed by atoms with Crippen molar-refractivity contribution in [1.82, 2.24) is 9.97 Å². The van der Waals surface area contributed by atoms with Crippen molar-refractivity contribution >= 4 is 17.5 Å². The van der Waals surface area contributed by atoms with Crippen molar-refractivity contribution in [3.63, 3.8) is 0 Å². The van der Waals surface area contributed by atoms with Crippen LogP contribution in [0, 0.1) is 0 Å². The standard InChI is InChI=1S/C14H14N4O2/c15-12(19)8-4-6-9(7-5-8)16-14-17-11-3-1-2-10(11)13(20)18-14/h4-7H,1-3H2,(H2,15,19)(H2,16,17,18,20). The molecule has 0 radical (unpaired) electrons. The van der Waals surface area contributed by atoms with Crippen LogP contribution >= 0.6 is 0 Å². The SMILES string of the molecule is NC(=O)c1ccc(Nc2nc3c(c(=O)[nH]2)CCC3)cc1. The van der Waals surface area contributed by atoms with E-state index in [1.807, 2.05) is 0 Å². The van der Waals surface area contributed by atoms with E-state index in [1.165, 1.54) is 0 Å². The van der Waals surface area contributed by atoms with Gasteiger partial charge in [-0.25, -0.2) is 4.98 Å². The summed E-state index contributed by atoms with van der Waals surface area (Å²) in [5.41, 5.74) is 7.92. The van der Waals surface area contributed by atoms with Crippen LogP contribution in [0.15, 0.2) is 29.1 Å². The van der Waals surface area contributed by atoms with Crippen molar-refractivity contribution in [2.45, 2.75) is 19.3 Å². The molecule has 0 saturated carbocycles. The van der Waals surface area contributed by atoms with Crippen LogP contribution in [0.4, 0.5) is 11.6 Å². The van der Waals surface area contributed by atoms with E-state index in [9.17, 15) is 9.59 Å². The molecule has 6 heteroatoms. The van der Waals surface area contributed by atoms with Crippen LogP contribution in [-0.2, 0) is 12.8 Å². The predicted octanol–water partition coefficient (Wildman–Crippen LogP) is 1.10. The minimum absolute atomic E-state index is 0.0799. The molecule has 6 nitrogen and oxygen atoms in total. The maximum Gasteiger partial charge on any atom is 0.255 e. The number of nitrogens with zero attached hydrogens (tertiary/aromatic N) is 1. The maximum atomic E-state index is 11.9. The van der Waals surface area contributed by atoms with E-state index >= 15 is 0 Å². The molecule has 0 saturated heterocycles. The second-order valence-electron chi connectivity index (χ2n) is 4.76. The largest absolute Gasteiger partial charge is 0.366 e. The number of nitrogens with one attached hydrogen (secondary N) is 2. The summed E-state index contributed by atoms with van der Waals surface area (Å²) in [4.78, 5) is 30.0. The van der Waals surface area contributed by atoms with Crippen molar-refractivity contribution in [3.8, 4) is 0 Å². The average Bonchev–Trinajstić information content (AvgIpc) is 2.88. The van der Waals surface area contributed by atoms with E-state index < -0.39 is 5.91 Å². The minimum atomic E-state index is -0.472. The second-order valence-corrected chi connectivity index (χ2v) is 4.76. The van der Waals surface area contributed by atoms with Gasteiger partial charge < -0.3 is 11.1 Å². The van der Waals surface area contributed by atoms with Gasteiger partial charge in [-0.15, -0.1) is 0 Å². The lowest BCUT2D eigenvalue weighted by Crippen LogP contribution is -2.16. The number of fused-ring (bicyclic) bond motifs is 1. The van der Waals surface area contributed by atoms with Gasteiger partial charge in [0.25, 0.3) is 5.56 Å². The Balaban J connectivity index is 1.86. The van der Waals surface area contributed by atoms with Gasteiger partial charge in [0.05, 0.1) is 5.69 Å². The number of rotatable bonds is 3. The molecule has 1 heterocycles. The molecule has 0 spiro atoms. The molecule has 20 heavy (non-hydrogen) atoms. The molecule has 2 aromatic rings. The van der Waals surface area contributed by atoms with Gasteiger partial charge in [0.2, 0.25) is 11.9 Å². The number of amides is 1. The number of carbonyl (C=O) groups is 1. The number of aryl methyl sites for hydroxylation is 1. The van der Waals surface area contributed by atoms with Crippen LogP contribution in [0.5, 0.6) is 0 Å². The Morgan fingerprint density at radius 2 is 2.00 bits per heavy atom. The Hall–Kier alpha value is -2.63. The third-order valence-corrected chi connectivity index (χ3v) is 3.37. The van der Waals surface area contributed by atoms with Gasteiger partial charge in [0.15, 0.2) is 0 Å². The number of nitrogens with two attached hydrogens (primary N) is 1. The first-order chi connectivity index (χ1) is 9.63. The molecular formula is C14H14N4O2. The quantitative estimate of drug-likeness (QED) is 0.777. The molecule has 1 aliphatic rings. The number of primary amides is 1. The molecule has 1 amide bonds. The molecule has 0 bridgehead atoms. The molecule has 1 aromatic heterocycles. The van der Waals surface area contributed by atoms with Crippen LogP contribution < -0.4 is 16.6 Å². The summed E-state index contributed by atoms with van der Waals surface area (Å²) in [6.45, 7) is 0. The number of aromatic nitrogens is 2. The first-order valence-electron chi connectivity index (χ1n) is 6.42. The van der Waals surface area contributed by atoms with Gasteiger partial charge >= 0.3 is 0 Å². The van der Waals surface area contributed by atoms with E-state index in [-0.39, 0.29) is 5.56 Å². The summed E-state index contributed by atoms with van der Waals surface area (Å²) in [6.07, 6.45) is 2.61. The number of anilines is 2. The molecule has 0 atom stereocenters. The molecule has 0 unspecified atom stereocenters. The average molecular weight is 270 g/mol. The predicted molar refractivity (Wildman–Crippen MR) is 75.1 cm³/mol. The topological polar surface area (TPSA) is 101 Å². The summed E-state index contributed by atoms with van der Waals surface area (Å²) in [6, 6.07) is 6.67. The molecule has 3 rings (SSSR count). The zero-order valence-electron chi connectivity index (χ0n) is 10.8. The molecule has 0 aliphatic heterocycles. The fraction of sp³-hybridized carbons (Fsp3) is 0.214. The van der Waals surface area contributed by atoms with Crippen LogP contribution in [0.3, 0.4) is 0 Å². The molecule has 1 aliphatic carbocycles. The Bertz CT molecular complexity index is 719. The van der Waals surface area contributed by atoms with Crippen molar-refractivity contribution in [2.75, 3.05) is 5.32 Å². The minimum Gasteiger partial charge on any atom is -0.366 e. The maximum absolute atomic E-state index is 11.9. The smallest absolute Gasteiger partial charge is 0.255 e. The lowest BCUT2D eigenvalue weighted by Gasteiger charge is -2.07. The highest BCUT2D eigenvalue weighted by Gasteiger charge is 2.17. The molecule has 0 fully saturated rings. The van der Waals surface area contributed by atoms with Gasteiger partial charge in [-0.2, -0.15) is 0 Å². The van der Waals surface area contributed by atoms with Crippen LogP contribution in [0.25, 0.3) is 0 Å².